The molecule has 5 nitrogen and oxygen atoms in total. The Morgan fingerprint density at radius 1 is 1.30 bits per heavy atom. The molecule has 0 spiro atoms. The molecule has 1 saturated heterocycles. The van der Waals surface area contributed by atoms with Crippen molar-refractivity contribution in [3.05, 3.63) is 75.3 Å². The van der Waals surface area contributed by atoms with Crippen molar-refractivity contribution in [1.82, 2.24) is 0 Å². The Bertz CT molecular complexity index is 979. The van der Waals surface area contributed by atoms with Crippen LogP contribution in [-0.4, -0.2) is 17.1 Å². The van der Waals surface area contributed by atoms with Gasteiger partial charge < -0.3 is 5.73 Å². The molecule has 27 heavy (non-hydrogen) atoms. The van der Waals surface area contributed by atoms with Gasteiger partial charge in [-0.05, 0) is 43.2 Å². The van der Waals surface area contributed by atoms with Crippen molar-refractivity contribution in [2.45, 2.75) is 18.6 Å². The molecule has 0 radical (unpaired) electrons. The summed E-state index contributed by atoms with van der Waals surface area (Å²) in [6, 6.07) is 16.4. The predicted octanol–water partition coefficient (Wildman–Crippen LogP) is 3.56. The molecule has 2 N–H and O–H groups in total. The highest BCUT2D eigenvalue weighted by Gasteiger charge is 2.40. The number of nitrogens with two attached hydrogens (primary N) is 1. The number of rotatable bonds is 4. The van der Waals surface area contributed by atoms with Gasteiger partial charge in [0.05, 0.1) is 5.25 Å². The summed E-state index contributed by atoms with van der Waals surface area (Å²) in [5, 5.41) is 9.71. The molecule has 136 valence electrons. The van der Waals surface area contributed by atoms with Gasteiger partial charge in [0.15, 0.2) is 0 Å². The van der Waals surface area contributed by atoms with E-state index in [9.17, 15) is 14.9 Å². The van der Waals surface area contributed by atoms with Crippen LogP contribution in [0, 0.1) is 18.3 Å². The van der Waals surface area contributed by atoms with Gasteiger partial charge in [-0.25, -0.2) is 0 Å². The van der Waals surface area contributed by atoms with E-state index in [-0.39, 0.29) is 16.5 Å². The number of nitriles is 1. The molecule has 0 bridgehead atoms. The Balaban J connectivity index is 2.03. The van der Waals surface area contributed by atoms with Gasteiger partial charge >= 0.3 is 0 Å². The maximum absolute atomic E-state index is 13.1. The molecule has 0 aromatic heterocycles. The predicted molar refractivity (Wildman–Crippen MR) is 107 cm³/mol. The van der Waals surface area contributed by atoms with Crippen LogP contribution in [0.25, 0.3) is 0 Å². The van der Waals surface area contributed by atoms with Gasteiger partial charge in [0, 0.05) is 10.7 Å². The molecule has 3 rings (SSSR count). The van der Waals surface area contributed by atoms with Gasteiger partial charge in [0.1, 0.15) is 16.7 Å². The van der Waals surface area contributed by atoms with E-state index in [1.807, 2.05) is 37.3 Å². The lowest BCUT2D eigenvalue weighted by Crippen LogP contribution is -2.31. The van der Waals surface area contributed by atoms with Crippen LogP contribution in [0.4, 0.5) is 5.69 Å². The topological polar surface area (TPSA) is 87.2 Å². The fraction of sp³-hybridized carbons (Fsp3) is 0.150. The molecule has 0 unspecified atom stereocenters. The van der Waals surface area contributed by atoms with E-state index in [4.69, 9.17) is 17.3 Å². The number of hydrogen-bond donors (Lipinski definition) is 1. The van der Waals surface area contributed by atoms with Crippen molar-refractivity contribution in [1.29, 1.82) is 5.26 Å². The summed E-state index contributed by atoms with van der Waals surface area (Å²) in [4.78, 5) is 26.2. The second kappa shape index (κ2) is 7.87. The average molecular weight is 398 g/mol. The number of hydrogen-bond acceptors (Lipinski definition) is 4. The molecule has 7 heteroatoms. The number of thioether (sulfide) groups is 1. The number of halogens is 1. The Hall–Kier alpha value is -2.75. The SMILES string of the molecule is Cc1cccc(C[C@@H]2S/C(=C(/C#N)C(N)=O)N(c3ccc(Cl)cc3)C2=O)c1. The first kappa shape index (κ1) is 19.0. The molecule has 0 aliphatic carbocycles. The third kappa shape index (κ3) is 4.00. The molecule has 1 atom stereocenters. The second-order valence-electron chi connectivity index (χ2n) is 6.11. The summed E-state index contributed by atoms with van der Waals surface area (Å²) in [6.45, 7) is 1.99. The van der Waals surface area contributed by atoms with Gasteiger partial charge in [-0.15, -0.1) is 0 Å². The zero-order valence-electron chi connectivity index (χ0n) is 14.5. The lowest BCUT2D eigenvalue weighted by atomic mass is 10.1. The summed E-state index contributed by atoms with van der Waals surface area (Å²) in [6.07, 6.45) is 0.482. The second-order valence-corrected chi connectivity index (χ2v) is 7.73. The van der Waals surface area contributed by atoms with Crippen molar-refractivity contribution >= 4 is 40.9 Å². The summed E-state index contributed by atoms with van der Waals surface area (Å²) in [7, 11) is 0. The molecule has 1 fully saturated rings. The van der Waals surface area contributed by atoms with Gasteiger partial charge in [-0.1, -0.05) is 53.2 Å². The van der Waals surface area contributed by atoms with E-state index in [0.717, 1.165) is 11.1 Å². The normalized spacial score (nSPS) is 18.3. The van der Waals surface area contributed by atoms with E-state index in [2.05, 4.69) is 0 Å². The van der Waals surface area contributed by atoms with E-state index >= 15 is 0 Å². The Morgan fingerprint density at radius 2 is 2.00 bits per heavy atom. The number of nitrogens with zero attached hydrogens (tertiary/aromatic N) is 2. The number of primary amides is 1. The number of aryl methyl sites for hydroxylation is 1. The first-order chi connectivity index (χ1) is 12.9. The number of benzene rings is 2. The standard InChI is InChI=1S/C20H16ClN3O2S/c1-12-3-2-4-13(9-12)10-17-19(26)24(15-7-5-14(21)6-8-15)20(27-17)16(11-22)18(23)25/h2-9,17H,10H2,1H3,(H2,23,25)/b20-16-/t17-/m0/s1. The fourth-order valence-electron chi connectivity index (χ4n) is 2.88. The largest absolute Gasteiger partial charge is 0.365 e. The zero-order valence-corrected chi connectivity index (χ0v) is 16.1. The average Bonchev–Trinajstić information content (AvgIpc) is 2.92. The van der Waals surface area contributed by atoms with Crippen LogP contribution in [0.2, 0.25) is 5.02 Å². The van der Waals surface area contributed by atoms with E-state index < -0.39 is 11.2 Å². The van der Waals surface area contributed by atoms with Crippen LogP contribution in [0.15, 0.2) is 59.1 Å². The third-order valence-corrected chi connectivity index (χ3v) is 5.63. The molecule has 0 saturated carbocycles. The van der Waals surface area contributed by atoms with Crippen LogP contribution in [0.3, 0.4) is 0 Å². The fourth-order valence-corrected chi connectivity index (χ4v) is 4.32. The minimum Gasteiger partial charge on any atom is -0.365 e. The van der Waals surface area contributed by atoms with Gasteiger partial charge in [-0.3, -0.25) is 14.5 Å². The quantitative estimate of drug-likeness (QED) is 0.631. The molecule has 2 aromatic carbocycles. The minimum absolute atomic E-state index is 0.201. The van der Waals surface area contributed by atoms with Crippen molar-refractivity contribution in [3.63, 3.8) is 0 Å². The maximum atomic E-state index is 13.1. The Kier molecular flexibility index (Phi) is 5.54. The first-order valence-corrected chi connectivity index (χ1v) is 9.42. The minimum atomic E-state index is -0.858. The molecule has 1 heterocycles. The molecule has 2 aromatic rings. The summed E-state index contributed by atoms with van der Waals surface area (Å²) in [5.74, 6) is -1.06. The van der Waals surface area contributed by atoms with Gasteiger partial charge in [0.2, 0.25) is 5.91 Å². The van der Waals surface area contributed by atoms with Gasteiger partial charge in [-0.2, -0.15) is 5.26 Å². The molecular weight excluding hydrogens is 382 g/mol. The highest BCUT2D eigenvalue weighted by Crippen LogP contribution is 2.42. The summed E-state index contributed by atoms with van der Waals surface area (Å²) >= 11 is 7.12. The molecule has 1 aliphatic rings. The van der Waals surface area contributed by atoms with E-state index in [1.54, 1.807) is 24.3 Å². The van der Waals surface area contributed by atoms with Crippen LogP contribution < -0.4 is 10.6 Å². The first-order valence-electron chi connectivity index (χ1n) is 8.16. The Labute approximate surface area is 166 Å². The van der Waals surface area contributed by atoms with Gasteiger partial charge in [0.25, 0.3) is 5.91 Å². The molecule has 2 amide bonds. The number of anilines is 1. The molecular formula is C20H16ClN3O2S. The summed E-state index contributed by atoms with van der Waals surface area (Å²) in [5.41, 5.74) is 7.78. The van der Waals surface area contributed by atoms with Crippen LogP contribution >= 0.6 is 23.4 Å². The zero-order chi connectivity index (χ0) is 19.6. The third-order valence-electron chi connectivity index (χ3n) is 4.11. The Morgan fingerprint density at radius 3 is 2.59 bits per heavy atom. The van der Waals surface area contributed by atoms with Crippen LogP contribution in [-0.2, 0) is 16.0 Å². The number of carbonyl (C=O) groups is 2. The van der Waals surface area contributed by atoms with E-state index in [1.165, 1.54) is 16.7 Å². The highest BCUT2D eigenvalue weighted by atomic mass is 35.5. The van der Waals surface area contributed by atoms with Crippen LogP contribution in [0.1, 0.15) is 11.1 Å². The van der Waals surface area contributed by atoms with Crippen molar-refractivity contribution in [3.8, 4) is 6.07 Å². The van der Waals surface area contributed by atoms with Crippen LogP contribution in [0.5, 0.6) is 0 Å². The lowest BCUT2D eigenvalue weighted by Gasteiger charge is -2.18. The van der Waals surface area contributed by atoms with Crippen molar-refractivity contribution < 1.29 is 9.59 Å². The summed E-state index contributed by atoms with van der Waals surface area (Å²) < 4.78 is 0. The maximum Gasteiger partial charge on any atom is 0.262 e. The highest BCUT2D eigenvalue weighted by molar-refractivity contribution is 8.05. The molecule has 1 aliphatic heterocycles. The monoisotopic (exact) mass is 397 g/mol. The number of amides is 2. The van der Waals surface area contributed by atoms with E-state index in [0.29, 0.717) is 17.1 Å². The lowest BCUT2D eigenvalue weighted by molar-refractivity contribution is -0.117. The number of carbonyl (C=O) groups excluding carboxylic acids is 2. The van der Waals surface area contributed by atoms with Crippen molar-refractivity contribution in [2.75, 3.05) is 4.90 Å². The smallest absolute Gasteiger partial charge is 0.262 e. The van der Waals surface area contributed by atoms with Crippen molar-refractivity contribution in [2.24, 2.45) is 5.73 Å².